The van der Waals surface area contributed by atoms with Gasteiger partial charge in [-0.05, 0) is 83.8 Å². The van der Waals surface area contributed by atoms with E-state index in [1.807, 2.05) is 18.2 Å². The van der Waals surface area contributed by atoms with Crippen LogP contribution in [0, 0.1) is 23.3 Å². The minimum atomic E-state index is -1.01. The molecule has 0 N–H and O–H groups in total. The topological polar surface area (TPSA) is 0 Å². The smallest absolute Gasteiger partial charge is 0.159 e. The lowest BCUT2D eigenvalue weighted by atomic mass is 9.85. The van der Waals surface area contributed by atoms with E-state index >= 15 is 0 Å². The van der Waals surface area contributed by atoms with Crippen molar-refractivity contribution < 1.29 is 17.6 Å². The highest BCUT2D eigenvalue weighted by Gasteiger charge is 2.19. The van der Waals surface area contributed by atoms with E-state index in [4.69, 9.17) is 0 Å². The van der Waals surface area contributed by atoms with Gasteiger partial charge >= 0.3 is 0 Å². The molecule has 0 heterocycles. The average molecular weight is 424 g/mol. The summed E-state index contributed by atoms with van der Waals surface area (Å²) in [7, 11) is 0. The summed E-state index contributed by atoms with van der Waals surface area (Å²) in [6, 6.07) is 11.9. The minimum Gasteiger partial charge on any atom is -0.206 e. The summed E-state index contributed by atoms with van der Waals surface area (Å²) in [5.74, 6) is -2.72. The molecule has 0 saturated carbocycles. The van der Waals surface area contributed by atoms with Crippen molar-refractivity contribution in [2.24, 2.45) is 0 Å². The standard InChI is InChI=1S/C27H24F4/c1-2-3-4-5-17-6-10-22(25(29)12-17)19-8-7-18-14-23(26(30)16-21(18)13-19)20-9-11-24(28)27(31)15-20/h6,8-12,14-16H,2-5,7,13H2,1H3. The van der Waals surface area contributed by atoms with Crippen LogP contribution in [0.1, 0.15) is 48.4 Å². The van der Waals surface area contributed by atoms with Gasteiger partial charge in [0.15, 0.2) is 11.6 Å². The average Bonchev–Trinajstić information content (AvgIpc) is 2.75. The van der Waals surface area contributed by atoms with E-state index in [9.17, 15) is 17.6 Å². The van der Waals surface area contributed by atoms with Crippen molar-refractivity contribution in [3.05, 3.63) is 100 Å². The molecule has 0 aromatic heterocycles. The van der Waals surface area contributed by atoms with Crippen LogP contribution >= 0.6 is 0 Å². The van der Waals surface area contributed by atoms with Gasteiger partial charge in [0.1, 0.15) is 11.6 Å². The van der Waals surface area contributed by atoms with Crippen molar-refractivity contribution in [3.63, 3.8) is 0 Å². The monoisotopic (exact) mass is 424 g/mol. The molecule has 0 fully saturated rings. The van der Waals surface area contributed by atoms with Gasteiger partial charge in [0.25, 0.3) is 0 Å². The Bertz CT molecular complexity index is 1140. The molecule has 4 rings (SSSR count). The number of hydrogen-bond acceptors (Lipinski definition) is 0. The van der Waals surface area contributed by atoms with Gasteiger partial charge in [0, 0.05) is 11.1 Å². The molecule has 4 heteroatoms. The van der Waals surface area contributed by atoms with Gasteiger partial charge in [-0.25, -0.2) is 17.6 Å². The first-order valence-electron chi connectivity index (χ1n) is 10.7. The number of aryl methyl sites for hydroxylation is 1. The first kappa shape index (κ1) is 21.4. The highest BCUT2D eigenvalue weighted by molar-refractivity contribution is 5.73. The van der Waals surface area contributed by atoms with Crippen molar-refractivity contribution >= 4 is 5.57 Å². The van der Waals surface area contributed by atoms with Crippen LogP contribution in [-0.2, 0) is 19.3 Å². The zero-order valence-corrected chi connectivity index (χ0v) is 17.5. The van der Waals surface area contributed by atoms with Crippen molar-refractivity contribution in [1.82, 2.24) is 0 Å². The van der Waals surface area contributed by atoms with E-state index < -0.39 is 17.5 Å². The number of hydrogen-bond donors (Lipinski definition) is 0. The van der Waals surface area contributed by atoms with Gasteiger partial charge in [-0.3, -0.25) is 0 Å². The minimum absolute atomic E-state index is 0.233. The summed E-state index contributed by atoms with van der Waals surface area (Å²) >= 11 is 0. The van der Waals surface area contributed by atoms with E-state index in [0.29, 0.717) is 24.0 Å². The molecule has 0 unspecified atom stereocenters. The molecule has 31 heavy (non-hydrogen) atoms. The lowest BCUT2D eigenvalue weighted by Crippen LogP contribution is -2.06. The summed E-state index contributed by atoms with van der Waals surface area (Å²) in [6.45, 7) is 2.14. The molecule has 160 valence electrons. The molecular weight excluding hydrogens is 400 g/mol. The first-order chi connectivity index (χ1) is 15.0. The van der Waals surface area contributed by atoms with Gasteiger partial charge in [-0.15, -0.1) is 0 Å². The van der Waals surface area contributed by atoms with E-state index in [2.05, 4.69) is 6.92 Å². The number of allylic oxidation sites excluding steroid dienone is 2. The normalized spacial score (nSPS) is 13.1. The fourth-order valence-corrected chi connectivity index (χ4v) is 4.17. The third-order valence-electron chi connectivity index (χ3n) is 5.92. The van der Waals surface area contributed by atoms with Crippen LogP contribution < -0.4 is 0 Å². The predicted octanol–water partition coefficient (Wildman–Crippen LogP) is 7.82. The third-order valence-corrected chi connectivity index (χ3v) is 5.92. The summed E-state index contributed by atoms with van der Waals surface area (Å²) in [4.78, 5) is 0. The molecule has 0 saturated heterocycles. The Morgan fingerprint density at radius 2 is 1.52 bits per heavy atom. The fourth-order valence-electron chi connectivity index (χ4n) is 4.17. The van der Waals surface area contributed by atoms with Crippen LogP contribution in [0.15, 0.2) is 54.6 Å². The molecule has 0 amide bonds. The molecule has 3 aromatic rings. The van der Waals surface area contributed by atoms with E-state index in [1.165, 1.54) is 12.1 Å². The maximum absolute atomic E-state index is 14.8. The Kier molecular flexibility index (Phi) is 6.26. The Morgan fingerprint density at radius 1 is 0.710 bits per heavy atom. The molecular formula is C27H24F4. The lowest BCUT2D eigenvalue weighted by Gasteiger charge is -2.20. The number of benzene rings is 3. The molecule has 0 aliphatic heterocycles. The summed E-state index contributed by atoms with van der Waals surface area (Å²) in [5, 5.41) is 0. The van der Waals surface area contributed by atoms with E-state index in [1.54, 1.807) is 12.1 Å². The summed E-state index contributed by atoms with van der Waals surface area (Å²) in [6.07, 6.45) is 7.08. The summed E-state index contributed by atoms with van der Waals surface area (Å²) < 4.78 is 56.4. The van der Waals surface area contributed by atoms with Crippen molar-refractivity contribution in [3.8, 4) is 11.1 Å². The van der Waals surface area contributed by atoms with Crippen LogP contribution in [0.2, 0.25) is 0 Å². The molecule has 0 radical (unpaired) electrons. The maximum Gasteiger partial charge on any atom is 0.159 e. The van der Waals surface area contributed by atoms with Gasteiger partial charge in [0.2, 0.25) is 0 Å². The van der Waals surface area contributed by atoms with Gasteiger partial charge in [-0.1, -0.05) is 44.0 Å². The fraction of sp³-hybridized carbons (Fsp3) is 0.259. The Hall–Kier alpha value is -2.88. The van der Waals surface area contributed by atoms with Gasteiger partial charge in [-0.2, -0.15) is 0 Å². The second-order valence-electron chi connectivity index (χ2n) is 8.11. The molecule has 0 atom stereocenters. The SMILES string of the molecule is CCCCCc1ccc(C2=CCc3cc(-c4ccc(F)c(F)c4)c(F)cc3C2)c(F)c1. The van der Waals surface area contributed by atoms with Crippen LogP contribution in [0.5, 0.6) is 0 Å². The van der Waals surface area contributed by atoms with Crippen molar-refractivity contribution in [2.75, 3.05) is 0 Å². The van der Waals surface area contributed by atoms with Crippen LogP contribution in [0.25, 0.3) is 16.7 Å². The van der Waals surface area contributed by atoms with Crippen molar-refractivity contribution in [1.29, 1.82) is 0 Å². The summed E-state index contributed by atoms with van der Waals surface area (Å²) in [5.41, 5.74) is 4.60. The molecule has 0 spiro atoms. The number of unbranched alkanes of at least 4 members (excludes halogenated alkanes) is 2. The zero-order chi connectivity index (χ0) is 22.0. The quantitative estimate of drug-likeness (QED) is 0.279. The van der Waals surface area contributed by atoms with E-state index in [0.717, 1.165) is 60.1 Å². The molecule has 1 aliphatic carbocycles. The second kappa shape index (κ2) is 9.09. The number of fused-ring (bicyclic) bond motifs is 1. The van der Waals surface area contributed by atoms with Crippen LogP contribution in [-0.4, -0.2) is 0 Å². The van der Waals surface area contributed by atoms with Crippen molar-refractivity contribution in [2.45, 2.75) is 45.4 Å². The zero-order valence-electron chi connectivity index (χ0n) is 17.5. The van der Waals surface area contributed by atoms with Crippen LogP contribution in [0.3, 0.4) is 0 Å². The molecule has 1 aliphatic rings. The first-order valence-corrected chi connectivity index (χ1v) is 10.7. The lowest BCUT2D eigenvalue weighted by molar-refractivity contribution is 0.509. The van der Waals surface area contributed by atoms with Gasteiger partial charge in [0.05, 0.1) is 0 Å². The van der Waals surface area contributed by atoms with Gasteiger partial charge < -0.3 is 0 Å². The Labute approximate surface area is 180 Å². The highest BCUT2D eigenvalue weighted by Crippen LogP contribution is 2.34. The maximum atomic E-state index is 14.8. The predicted molar refractivity (Wildman–Crippen MR) is 117 cm³/mol. The largest absolute Gasteiger partial charge is 0.206 e. The molecule has 3 aromatic carbocycles. The molecule has 0 nitrogen and oxygen atoms in total. The van der Waals surface area contributed by atoms with E-state index in [-0.39, 0.29) is 11.4 Å². The number of halogens is 4. The van der Waals surface area contributed by atoms with Crippen LogP contribution in [0.4, 0.5) is 17.6 Å². The third kappa shape index (κ3) is 4.58. The highest BCUT2D eigenvalue weighted by atomic mass is 19.2. The molecule has 0 bridgehead atoms. The number of rotatable bonds is 6. The Balaban J connectivity index is 1.58. The second-order valence-corrected chi connectivity index (χ2v) is 8.11. The Morgan fingerprint density at radius 3 is 2.26 bits per heavy atom.